The monoisotopic (exact) mass is 287 g/mol. The number of methoxy groups -OCH3 is 1. The van der Waals surface area contributed by atoms with E-state index in [0.29, 0.717) is 11.4 Å². The van der Waals surface area contributed by atoms with Crippen LogP contribution in [0.1, 0.15) is 19.4 Å². The predicted molar refractivity (Wildman–Crippen MR) is 76.1 cm³/mol. The summed E-state index contributed by atoms with van der Waals surface area (Å²) < 4.78 is 32.7. The summed E-state index contributed by atoms with van der Waals surface area (Å²) in [5.74, 6) is 0.575. The van der Waals surface area contributed by atoms with Gasteiger partial charge in [-0.25, -0.2) is 0 Å². The minimum Gasteiger partial charge on any atom is -0.495 e. The maximum Gasteiger partial charge on any atom is 0.279 e. The molecule has 6 nitrogen and oxygen atoms in total. The number of nitrogens with one attached hydrogen (secondary N) is 1. The normalized spacial score (nSPS) is 12.1. The fraction of sp³-hybridized carbons (Fsp3) is 0.500. The van der Waals surface area contributed by atoms with Crippen molar-refractivity contribution in [3.63, 3.8) is 0 Å². The van der Waals surface area contributed by atoms with Crippen LogP contribution in [0.5, 0.6) is 5.75 Å². The van der Waals surface area contributed by atoms with Crippen molar-refractivity contribution in [1.82, 2.24) is 9.03 Å². The van der Waals surface area contributed by atoms with Gasteiger partial charge in [0.15, 0.2) is 0 Å². The van der Waals surface area contributed by atoms with E-state index in [0.717, 1.165) is 5.56 Å². The largest absolute Gasteiger partial charge is 0.495 e. The molecule has 0 amide bonds. The topological polar surface area (TPSA) is 84.7 Å². The van der Waals surface area contributed by atoms with E-state index < -0.39 is 10.2 Å². The molecule has 0 saturated carbocycles. The quantitative estimate of drug-likeness (QED) is 0.763. The molecule has 0 unspecified atom stereocenters. The van der Waals surface area contributed by atoms with Crippen molar-refractivity contribution in [1.29, 1.82) is 0 Å². The van der Waals surface area contributed by atoms with Gasteiger partial charge >= 0.3 is 0 Å². The SMILES string of the molecule is COc1ccc(CNS(=O)(=O)N(C)C(C)C)cc1N. The molecule has 7 heteroatoms. The van der Waals surface area contributed by atoms with Crippen LogP contribution in [0.25, 0.3) is 0 Å². The number of rotatable bonds is 6. The van der Waals surface area contributed by atoms with Gasteiger partial charge in [0.05, 0.1) is 12.8 Å². The Morgan fingerprint density at radius 3 is 2.53 bits per heavy atom. The maximum absolute atomic E-state index is 11.9. The van der Waals surface area contributed by atoms with Crippen LogP contribution in [0, 0.1) is 0 Å². The summed E-state index contributed by atoms with van der Waals surface area (Å²) >= 11 is 0. The fourth-order valence-corrected chi connectivity index (χ4v) is 2.56. The first-order valence-electron chi connectivity index (χ1n) is 5.93. The zero-order chi connectivity index (χ0) is 14.6. The molecule has 19 heavy (non-hydrogen) atoms. The highest BCUT2D eigenvalue weighted by Gasteiger charge is 2.19. The summed E-state index contributed by atoms with van der Waals surface area (Å²) in [6, 6.07) is 5.08. The molecule has 108 valence electrons. The molecule has 0 aliphatic heterocycles. The second-order valence-electron chi connectivity index (χ2n) is 4.51. The molecule has 1 aromatic rings. The number of ether oxygens (including phenoxy) is 1. The lowest BCUT2D eigenvalue weighted by atomic mass is 10.2. The van der Waals surface area contributed by atoms with Crippen LogP contribution in [0.3, 0.4) is 0 Å². The van der Waals surface area contributed by atoms with Crippen LogP contribution in [0.15, 0.2) is 18.2 Å². The Balaban J connectivity index is 2.75. The van der Waals surface area contributed by atoms with E-state index in [1.807, 2.05) is 13.8 Å². The number of hydrogen-bond donors (Lipinski definition) is 2. The molecule has 0 aliphatic carbocycles. The lowest BCUT2D eigenvalue weighted by Crippen LogP contribution is -2.41. The standard InChI is InChI=1S/C12H21N3O3S/c1-9(2)15(3)19(16,17)14-8-10-5-6-12(18-4)11(13)7-10/h5-7,9,14H,8,13H2,1-4H3. The summed E-state index contributed by atoms with van der Waals surface area (Å²) in [4.78, 5) is 0. The minimum atomic E-state index is -3.48. The van der Waals surface area contributed by atoms with Crippen LogP contribution in [0.2, 0.25) is 0 Å². The Morgan fingerprint density at radius 1 is 1.42 bits per heavy atom. The summed E-state index contributed by atoms with van der Waals surface area (Å²) in [6.45, 7) is 3.81. The molecule has 0 radical (unpaired) electrons. The van der Waals surface area contributed by atoms with Gasteiger partial charge in [-0.15, -0.1) is 0 Å². The van der Waals surface area contributed by atoms with Gasteiger partial charge in [0.25, 0.3) is 10.2 Å². The average Bonchev–Trinajstić information content (AvgIpc) is 2.35. The van der Waals surface area contributed by atoms with Crippen molar-refractivity contribution in [2.75, 3.05) is 19.9 Å². The molecule has 1 aromatic carbocycles. The first-order chi connectivity index (χ1) is 8.77. The molecule has 0 atom stereocenters. The predicted octanol–water partition coefficient (Wildman–Crippen LogP) is 0.952. The van der Waals surface area contributed by atoms with Gasteiger partial charge in [-0.3, -0.25) is 0 Å². The number of nitrogens with zero attached hydrogens (tertiary/aromatic N) is 1. The Hall–Kier alpha value is -1.31. The van der Waals surface area contributed by atoms with Gasteiger partial charge in [0.2, 0.25) is 0 Å². The van der Waals surface area contributed by atoms with Gasteiger partial charge in [0, 0.05) is 19.6 Å². The zero-order valence-electron chi connectivity index (χ0n) is 11.7. The summed E-state index contributed by atoms with van der Waals surface area (Å²) in [5, 5.41) is 0. The third-order valence-corrected chi connectivity index (χ3v) is 4.55. The van der Waals surface area contributed by atoms with E-state index in [-0.39, 0.29) is 12.6 Å². The zero-order valence-corrected chi connectivity index (χ0v) is 12.5. The molecule has 0 saturated heterocycles. The lowest BCUT2D eigenvalue weighted by molar-refractivity contribution is 0.402. The van der Waals surface area contributed by atoms with Crippen molar-refractivity contribution in [3.8, 4) is 5.75 Å². The third kappa shape index (κ3) is 4.09. The summed E-state index contributed by atoms with van der Waals surface area (Å²) in [5.41, 5.74) is 7.03. The Kier molecular flexibility index (Phi) is 5.16. The van der Waals surface area contributed by atoms with E-state index in [1.165, 1.54) is 18.5 Å². The molecule has 0 spiro atoms. The van der Waals surface area contributed by atoms with E-state index >= 15 is 0 Å². The molecule has 3 N–H and O–H groups in total. The lowest BCUT2D eigenvalue weighted by Gasteiger charge is -2.21. The average molecular weight is 287 g/mol. The molecule has 1 rings (SSSR count). The van der Waals surface area contributed by atoms with Gasteiger partial charge in [-0.05, 0) is 31.5 Å². The number of nitrogens with two attached hydrogens (primary N) is 1. The molecular weight excluding hydrogens is 266 g/mol. The number of nitrogen functional groups attached to an aromatic ring is 1. The van der Waals surface area contributed by atoms with Gasteiger partial charge in [-0.2, -0.15) is 17.4 Å². The second kappa shape index (κ2) is 6.23. The van der Waals surface area contributed by atoms with E-state index in [4.69, 9.17) is 10.5 Å². The van der Waals surface area contributed by atoms with Gasteiger partial charge < -0.3 is 10.5 Å². The number of anilines is 1. The highest BCUT2D eigenvalue weighted by molar-refractivity contribution is 7.87. The Labute approximate surface area is 114 Å². The molecular formula is C12H21N3O3S. The molecule has 0 aromatic heterocycles. The smallest absolute Gasteiger partial charge is 0.279 e. The van der Waals surface area contributed by atoms with Crippen LogP contribution in [0.4, 0.5) is 5.69 Å². The second-order valence-corrected chi connectivity index (χ2v) is 6.33. The number of hydrogen-bond acceptors (Lipinski definition) is 4. The first kappa shape index (κ1) is 15.7. The molecule has 0 bridgehead atoms. The molecule has 0 aliphatic rings. The molecule has 0 heterocycles. The third-order valence-electron chi connectivity index (χ3n) is 2.86. The van der Waals surface area contributed by atoms with Gasteiger partial charge in [0.1, 0.15) is 5.75 Å². The minimum absolute atomic E-state index is 0.0987. The van der Waals surface area contributed by atoms with Crippen molar-refractivity contribution in [2.45, 2.75) is 26.4 Å². The van der Waals surface area contributed by atoms with Crippen LogP contribution >= 0.6 is 0 Å². The van der Waals surface area contributed by atoms with Crippen molar-refractivity contribution in [2.24, 2.45) is 0 Å². The van der Waals surface area contributed by atoms with Gasteiger partial charge in [-0.1, -0.05) is 6.07 Å². The highest BCUT2D eigenvalue weighted by atomic mass is 32.2. The first-order valence-corrected chi connectivity index (χ1v) is 7.37. The summed E-state index contributed by atoms with van der Waals surface area (Å²) in [7, 11) is -0.405. The van der Waals surface area contributed by atoms with Crippen molar-refractivity contribution < 1.29 is 13.2 Å². The summed E-state index contributed by atoms with van der Waals surface area (Å²) in [6.07, 6.45) is 0. The van der Waals surface area contributed by atoms with Crippen LogP contribution < -0.4 is 15.2 Å². The number of benzene rings is 1. The van der Waals surface area contributed by atoms with Crippen molar-refractivity contribution in [3.05, 3.63) is 23.8 Å². The Morgan fingerprint density at radius 2 is 2.05 bits per heavy atom. The highest BCUT2D eigenvalue weighted by Crippen LogP contribution is 2.21. The van der Waals surface area contributed by atoms with E-state index in [1.54, 1.807) is 18.2 Å². The van der Waals surface area contributed by atoms with E-state index in [9.17, 15) is 8.42 Å². The maximum atomic E-state index is 11.9. The van der Waals surface area contributed by atoms with E-state index in [2.05, 4.69) is 4.72 Å². The van der Waals surface area contributed by atoms with Crippen LogP contribution in [-0.2, 0) is 16.8 Å². The van der Waals surface area contributed by atoms with Crippen molar-refractivity contribution >= 4 is 15.9 Å². The molecule has 0 fully saturated rings. The Bertz CT molecular complexity index is 529. The fourth-order valence-electron chi connectivity index (χ4n) is 1.45. The van der Waals surface area contributed by atoms with Crippen LogP contribution in [-0.4, -0.2) is 32.9 Å².